The molecule has 140 valence electrons. The molecule has 0 saturated carbocycles. The summed E-state index contributed by atoms with van der Waals surface area (Å²) in [5.74, 6) is 1.64. The van der Waals surface area contributed by atoms with Crippen molar-refractivity contribution < 1.29 is 18.4 Å². The van der Waals surface area contributed by atoms with Gasteiger partial charge < -0.3 is 13.8 Å². The van der Waals surface area contributed by atoms with E-state index in [9.17, 15) is 9.36 Å². The predicted molar refractivity (Wildman–Crippen MR) is 108 cm³/mol. The van der Waals surface area contributed by atoms with Crippen LogP contribution in [0.3, 0.4) is 0 Å². The fraction of sp³-hybridized carbons (Fsp3) is 0.611. The maximum absolute atomic E-state index is 13.9. The molecule has 1 heterocycles. The van der Waals surface area contributed by atoms with E-state index >= 15 is 0 Å². The van der Waals surface area contributed by atoms with Crippen molar-refractivity contribution >= 4 is 36.9 Å². The third-order valence-electron chi connectivity index (χ3n) is 4.02. The molecule has 1 aromatic rings. The lowest BCUT2D eigenvalue weighted by molar-refractivity contribution is -0.117. The molecule has 0 aliphatic carbocycles. The fourth-order valence-electron chi connectivity index (χ4n) is 3.07. The maximum atomic E-state index is 13.9. The van der Waals surface area contributed by atoms with Gasteiger partial charge in [0, 0.05) is 12.3 Å². The molecule has 0 amide bonds. The smallest absolute Gasteiger partial charge is 0.307 e. The summed E-state index contributed by atoms with van der Waals surface area (Å²) in [6.45, 7) is 5.90. The van der Waals surface area contributed by atoms with Crippen molar-refractivity contribution in [1.82, 2.24) is 0 Å². The van der Waals surface area contributed by atoms with Crippen molar-refractivity contribution in [3.63, 3.8) is 0 Å². The van der Waals surface area contributed by atoms with Crippen molar-refractivity contribution in [2.75, 3.05) is 24.7 Å². The van der Waals surface area contributed by atoms with Gasteiger partial charge >= 0.3 is 7.60 Å². The minimum atomic E-state index is -3.43. The second-order valence-electron chi connectivity index (χ2n) is 5.88. The molecule has 25 heavy (non-hydrogen) atoms. The number of benzene rings is 1. The Morgan fingerprint density at radius 1 is 1.16 bits per heavy atom. The van der Waals surface area contributed by atoms with E-state index in [0.717, 1.165) is 23.5 Å². The Morgan fingerprint density at radius 3 is 2.20 bits per heavy atom. The van der Waals surface area contributed by atoms with Crippen LogP contribution < -0.4 is 0 Å². The molecule has 1 aliphatic heterocycles. The van der Waals surface area contributed by atoms with Crippen LogP contribution in [-0.2, 0) is 18.4 Å². The normalized spacial score (nSPS) is 18.7. The Morgan fingerprint density at radius 2 is 1.72 bits per heavy atom. The molecule has 0 bridgehead atoms. The van der Waals surface area contributed by atoms with Gasteiger partial charge in [0.1, 0.15) is 5.78 Å². The first-order chi connectivity index (χ1) is 12.0. The van der Waals surface area contributed by atoms with Crippen molar-refractivity contribution in [3.05, 3.63) is 35.9 Å². The van der Waals surface area contributed by atoms with Gasteiger partial charge in [0.2, 0.25) is 0 Å². The van der Waals surface area contributed by atoms with Crippen LogP contribution in [0.5, 0.6) is 0 Å². The fourth-order valence-corrected chi connectivity index (χ4v) is 10.3. The first kappa shape index (κ1) is 21.0. The van der Waals surface area contributed by atoms with E-state index in [1.807, 2.05) is 44.2 Å². The second kappa shape index (κ2) is 9.61. The monoisotopic (exact) mass is 402 g/mol. The van der Waals surface area contributed by atoms with Crippen LogP contribution in [0.4, 0.5) is 0 Å². The maximum Gasteiger partial charge on any atom is 0.357 e. The first-order valence-electron chi connectivity index (χ1n) is 8.70. The zero-order valence-electron chi connectivity index (χ0n) is 15.1. The zero-order valence-corrected chi connectivity index (χ0v) is 17.6. The Kier molecular flexibility index (Phi) is 8.09. The van der Waals surface area contributed by atoms with Gasteiger partial charge in [0.05, 0.1) is 13.2 Å². The SMILES string of the molecule is CCOP(=O)(OCC)C1(C(CC(C)=O)c2ccccc2)SCCCS1. The summed E-state index contributed by atoms with van der Waals surface area (Å²) in [7, 11) is -3.43. The zero-order chi connectivity index (χ0) is 18.3. The Hall–Kier alpha value is -0.260. The van der Waals surface area contributed by atoms with Crippen LogP contribution in [0.25, 0.3) is 0 Å². The molecule has 4 nitrogen and oxygen atoms in total. The van der Waals surface area contributed by atoms with E-state index in [1.165, 1.54) is 0 Å². The molecule has 1 aromatic carbocycles. The molecule has 0 spiro atoms. The van der Waals surface area contributed by atoms with E-state index in [-0.39, 0.29) is 11.7 Å². The summed E-state index contributed by atoms with van der Waals surface area (Å²) in [6, 6.07) is 9.88. The highest BCUT2D eigenvalue weighted by atomic mass is 32.2. The molecule has 7 heteroatoms. The standard InChI is InChI=1S/C18H27O4PS2/c1-4-21-23(20,22-5-2)18(24-12-9-13-25-18)17(14-15(3)19)16-10-7-6-8-11-16/h6-8,10-11,17H,4-5,9,12-14H2,1-3H3. The van der Waals surface area contributed by atoms with Gasteiger partial charge in [-0.2, -0.15) is 0 Å². The number of hydrogen-bond donors (Lipinski definition) is 0. The van der Waals surface area contributed by atoms with Crippen LogP contribution in [0.15, 0.2) is 30.3 Å². The Labute approximate surface area is 159 Å². The van der Waals surface area contributed by atoms with Crippen LogP contribution in [0, 0.1) is 0 Å². The Balaban J connectivity index is 2.58. The van der Waals surface area contributed by atoms with Crippen LogP contribution in [0.1, 0.15) is 45.1 Å². The predicted octanol–water partition coefficient (Wildman–Crippen LogP) is 5.54. The van der Waals surface area contributed by atoms with Crippen LogP contribution >= 0.6 is 31.1 Å². The number of Topliss-reactive ketones (excluding diaryl/α,β-unsaturated/α-hetero) is 1. The van der Waals surface area contributed by atoms with Gasteiger partial charge in [0.25, 0.3) is 0 Å². The van der Waals surface area contributed by atoms with E-state index in [1.54, 1.807) is 30.4 Å². The summed E-state index contributed by atoms with van der Waals surface area (Å²) in [4.78, 5) is 12.1. The number of thioether (sulfide) groups is 2. The van der Waals surface area contributed by atoms with Crippen molar-refractivity contribution in [2.24, 2.45) is 0 Å². The van der Waals surface area contributed by atoms with Gasteiger partial charge in [-0.25, -0.2) is 0 Å². The van der Waals surface area contributed by atoms with Gasteiger partial charge in [-0.3, -0.25) is 4.57 Å². The Bertz CT molecular complexity index is 592. The lowest BCUT2D eigenvalue weighted by Crippen LogP contribution is -2.35. The van der Waals surface area contributed by atoms with Crippen molar-refractivity contribution in [3.8, 4) is 0 Å². The largest absolute Gasteiger partial charge is 0.357 e. The van der Waals surface area contributed by atoms with E-state index in [4.69, 9.17) is 9.05 Å². The second-order valence-corrected chi connectivity index (χ2v) is 11.6. The van der Waals surface area contributed by atoms with E-state index < -0.39 is 11.4 Å². The average Bonchev–Trinajstić information content (AvgIpc) is 2.61. The lowest BCUT2D eigenvalue weighted by Gasteiger charge is -2.45. The van der Waals surface area contributed by atoms with E-state index in [2.05, 4.69) is 0 Å². The summed E-state index contributed by atoms with van der Waals surface area (Å²) in [5.41, 5.74) is 1.01. The number of ketones is 1. The average molecular weight is 403 g/mol. The van der Waals surface area contributed by atoms with E-state index in [0.29, 0.717) is 19.6 Å². The number of carbonyl (C=O) groups is 1. The van der Waals surface area contributed by atoms with Gasteiger partial charge in [-0.05, 0) is 44.3 Å². The highest BCUT2D eigenvalue weighted by Gasteiger charge is 2.58. The molecule has 2 rings (SSSR count). The highest BCUT2D eigenvalue weighted by Crippen LogP contribution is 2.75. The summed E-state index contributed by atoms with van der Waals surface area (Å²) in [6.07, 6.45) is 1.38. The molecule has 1 atom stereocenters. The molecular formula is C18H27O4PS2. The van der Waals surface area contributed by atoms with Crippen molar-refractivity contribution in [2.45, 2.75) is 43.4 Å². The third kappa shape index (κ3) is 4.72. The van der Waals surface area contributed by atoms with Crippen molar-refractivity contribution in [1.29, 1.82) is 0 Å². The quantitative estimate of drug-likeness (QED) is 0.506. The first-order valence-corrected chi connectivity index (χ1v) is 12.2. The molecule has 0 N–H and O–H groups in total. The minimum Gasteiger partial charge on any atom is -0.307 e. The lowest BCUT2D eigenvalue weighted by atomic mass is 9.95. The number of hydrogen-bond acceptors (Lipinski definition) is 6. The molecule has 1 fully saturated rings. The van der Waals surface area contributed by atoms with Gasteiger partial charge in [-0.1, -0.05) is 30.3 Å². The highest BCUT2D eigenvalue weighted by molar-refractivity contribution is 8.25. The summed E-state index contributed by atoms with van der Waals surface area (Å²) < 4.78 is 24.7. The molecule has 1 saturated heterocycles. The number of carbonyl (C=O) groups excluding carboxylic acids is 1. The molecule has 0 aromatic heterocycles. The number of rotatable bonds is 9. The molecule has 1 unspecified atom stereocenters. The third-order valence-corrected chi connectivity index (χ3v) is 11.5. The molecule has 1 aliphatic rings. The van der Waals surface area contributed by atoms with Crippen LogP contribution in [-0.4, -0.2) is 34.3 Å². The topological polar surface area (TPSA) is 52.6 Å². The van der Waals surface area contributed by atoms with Gasteiger partial charge in [0.15, 0.2) is 3.82 Å². The molecule has 0 radical (unpaired) electrons. The molecular weight excluding hydrogens is 375 g/mol. The summed E-state index contributed by atoms with van der Waals surface area (Å²) >= 11 is 3.28. The van der Waals surface area contributed by atoms with Crippen LogP contribution in [0.2, 0.25) is 0 Å². The minimum absolute atomic E-state index is 0.0829. The van der Waals surface area contributed by atoms with Gasteiger partial charge in [-0.15, -0.1) is 23.5 Å². The summed E-state index contributed by atoms with van der Waals surface area (Å²) in [5, 5.41) is 0.